The number of pyridine rings is 1. The minimum atomic E-state index is 0. The third-order valence-electron chi connectivity index (χ3n) is 2.95. The van der Waals surface area contributed by atoms with Gasteiger partial charge >= 0.3 is 0 Å². The quantitative estimate of drug-likeness (QED) is 0.805. The van der Waals surface area contributed by atoms with E-state index in [1.54, 1.807) is 26.6 Å². The molecule has 0 saturated heterocycles. The first kappa shape index (κ1) is 14.1. The Labute approximate surface area is 122 Å². The third kappa shape index (κ3) is 2.40. The molecule has 0 atom stereocenters. The number of aromatic nitrogens is 3. The first-order valence-corrected chi connectivity index (χ1v) is 5.84. The van der Waals surface area contributed by atoms with Crippen LogP contribution in [0.15, 0.2) is 36.7 Å². The van der Waals surface area contributed by atoms with Gasteiger partial charge in [-0.3, -0.25) is 4.98 Å². The molecule has 0 unspecified atom stereocenters. The van der Waals surface area contributed by atoms with Crippen molar-refractivity contribution < 1.29 is 9.47 Å². The average molecular weight is 292 g/mol. The van der Waals surface area contributed by atoms with E-state index in [1.165, 1.54) is 0 Å². The van der Waals surface area contributed by atoms with E-state index in [0.717, 1.165) is 33.9 Å². The Morgan fingerprint density at radius 3 is 2.65 bits per heavy atom. The van der Waals surface area contributed by atoms with Gasteiger partial charge in [0.25, 0.3) is 0 Å². The van der Waals surface area contributed by atoms with Gasteiger partial charge in [0.1, 0.15) is 17.3 Å². The Hall–Kier alpha value is -2.27. The SMILES string of the molecule is COc1ccc(OC)c(-c2nc3ccncc3[nH]2)c1.Cl. The zero-order valence-corrected chi connectivity index (χ0v) is 11.9. The molecule has 0 saturated carbocycles. The minimum absolute atomic E-state index is 0. The summed E-state index contributed by atoms with van der Waals surface area (Å²) < 4.78 is 10.6. The van der Waals surface area contributed by atoms with Gasteiger partial charge in [-0.1, -0.05) is 0 Å². The standard InChI is InChI=1S/C14H13N3O2.ClH/c1-18-9-3-4-13(19-2)10(7-9)14-16-11-5-6-15-8-12(11)17-14;/h3-8H,1-2H3,(H,16,17);1H. The van der Waals surface area contributed by atoms with Gasteiger partial charge in [-0.2, -0.15) is 0 Å². The number of hydrogen-bond acceptors (Lipinski definition) is 4. The lowest BCUT2D eigenvalue weighted by molar-refractivity contribution is 0.404. The smallest absolute Gasteiger partial charge is 0.142 e. The number of ether oxygens (including phenoxy) is 2. The van der Waals surface area contributed by atoms with Crippen molar-refractivity contribution in [3.8, 4) is 22.9 Å². The van der Waals surface area contributed by atoms with Crippen LogP contribution in [0, 0.1) is 0 Å². The molecule has 3 rings (SSSR count). The van der Waals surface area contributed by atoms with Crippen molar-refractivity contribution in [2.75, 3.05) is 14.2 Å². The Morgan fingerprint density at radius 1 is 1.10 bits per heavy atom. The van der Waals surface area contributed by atoms with Gasteiger partial charge in [0.15, 0.2) is 0 Å². The molecule has 1 N–H and O–H groups in total. The molecule has 1 aromatic carbocycles. The first-order chi connectivity index (χ1) is 9.31. The predicted molar refractivity (Wildman–Crippen MR) is 79.7 cm³/mol. The Morgan fingerprint density at radius 2 is 1.95 bits per heavy atom. The van der Waals surface area contributed by atoms with Gasteiger partial charge in [0.05, 0.1) is 37.0 Å². The maximum absolute atomic E-state index is 5.36. The fourth-order valence-electron chi connectivity index (χ4n) is 1.98. The molecular weight excluding hydrogens is 278 g/mol. The number of rotatable bonds is 3. The van der Waals surface area contributed by atoms with Crippen molar-refractivity contribution in [3.05, 3.63) is 36.7 Å². The molecule has 0 aliphatic heterocycles. The zero-order chi connectivity index (χ0) is 13.2. The van der Waals surface area contributed by atoms with Gasteiger partial charge in [-0.25, -0.2) is 4.98 Å². The van der Waals surface area contributed by atoms with Crippen LogP contribution < -0.4 is 9.47 Å². The van der Waals surface area contributed by atoms with E-state index in [2.05, 4.69) is 15.0 Å². The molecule has 104 valence electrons. The van der Waals surface area contributed by atoms with E-state index in [4.69, 9.17) is 9.47 Å². The van der Waals surface area contributed by atoms with Crippen molar-refractivity contribution in [1.29, 1.82) is 0 Å². The topological polar surface area (TPSA) is 60.0 Å². The molecular formula is C14H14ClN3O2. The highest BCUT2D eigenvalue weighted by Gasteiger charge is 2.11. The van der Waals surface area contributed by atoms with Crippen LogP contribution in [0.25, 0.3) is 22.4 Å². The molecule has 0 aliphatic carbocycles. The molecule has 2 aromatic heterocycles. The Balaban J connectivity index is 0.00000147. The second-order valence-corrected chi connectivity index (χ2v) is 4.04. The average Bonchev–Trinajstić information content (AvgIpc) is 2.90. The van der Waals surface area contributed by atoms with Gasteiger partial charge < -0.3 is 14.5 Å². The molecule has 5 nitrogen and oxygen atoms in total. The highest BCUT2D eigenvalue weighted by Crippen LogP contribution is 2.32. The van der Waals surface area contributed by atoms with Crippen molar-refractivity contribution in [3.63, 3.8) is 0 Å². The number of methoxy groups -OCH3 is 2. The maximum atomic E-state index is 5.36. The van der Waals surface area contributed by atoms with Crippen molar-refractivity contribution >= 4 is 23.4 Å². The number of H-pyrrole nitrogens is 1. The number of imidazole rings is 1. The van der Waals surface area contributed by atoms with Gasteiger partial charge in [0, 0.05) is 6.20 Å². The van der Waals surface area contributed by atoms with E-state index in [-0.39, 0.29) is 12.4 Å². The molecule has 20 heavy (non-hydrogen) atoms. The number of hydrogen-bond donors (Lipinski definition) is 1. The normalized spacial score (nSPS) is 10.1. The summed E-state index contributed by atoms with van der Waals surface area (Å²) in [5.74, 6) is 2.24. The summed E-state index contributed by atoms with van der Waals surface area (Å²) in [6, 6.07) is 7.47. The van der Waals surface area contributed by atoms with Gasteiger partial charge in [-0.05, 0) is 24.3 Å². The predicted octanol–water partition coefficient (Wildman–Crippen LogP) is 3.06. The summed E-state index contributed by atoms with van der Waals surface area (Å²) in [6.45, 7) is 0. The number of benzene rings is 1. The molecule has 0 amide bonds. The highest BCUT2D eigenvalue weighted by molar-refractivity contribution is 5.85. The fraction of sp³-hybridized carbons (Fsp3) is 0.143. The maximum Gasteiger partial charge on any atom is 0.142 e. The second-order valence-electron chi connectivity index (χ2n) is 4.04. The third-order valence-corrected chi connectivity index (χ3v) is 2.95. The summed E-state index contributed by atoms with van der Waals surface area (Å²) in [5, 5.41) is 0. The summed E-state index contributed by atoms with van der Waals surface area (Å²) in [7, 11) is 3.27. The lowest BCUT2D eigenvalue weighted by atomic mass is 10.2. The second kappa shape index (κ2) is 5.79. The summed E-state index contributed by atoms with van der Waals surface area (Å²) in [5.41, 5.74) is 2.62. The number of aromatic amines is 1. The van der Waals surface area contributed by atoms with E-state index in [1.807, 2.05) is 24.3 Å². The van der Waals surface area contributed by atoms with Crippen LogP contribution in [-0.2, 0) is 0 Å². The van der Waals surface area contributed by atoms with Gasteiger partial charge in [-0.15, -0.1) is 12.4 Å². The highest BCUT2D eigenvalue weighted by atomic mass is 35.5. The van der Waals surface area contributed by atoms with E-state index in [9.17, 15) is 0 Å². The van der Waals surface area contributed by atoms with E-state index >= 15 is 0 Å². The van der Waals surface area contributed by atoms with Crippen LogP contribution in [0.4, 0.5) is 0 Å². The number of nitrogens with zero attached hydrogens (tertiary/aromatic N) is 2. The molecule has 0 aliphatic rings. The molecule has 2 heterocycles. The molecule has 0 spiro atoms. The Kier molecular flexibility index (Phi) is 4.10. The van der Waals surface area contributed by atoms with Crippen molar-refractivity contribution in [2.45, 2.75) is 0 Å². The fourth-order valence-corrected chi connectivity index (χ4v) is 1.98. The summed E-state index contributed by atoms with van der Waals surface area (Å²) in [6.07, 6.45) is 3.47. The molecule has 0 radical (unpaired) electrons. The molecule has 6 heteroatoms. The van der Waals surface area contributed by atoms with Crippen LogP contribution in [0.3, 0.4) is 0 Å². The van der Waals surface area contributed by atoms with Crippen LogP contribution in [0.2, 0.25) is 0 Å². The number of fused-ring (bicyclic) bond motifs is 1. The lowest BCUT2D eigenvalue weighted by Gasteiger charge is -2.08. The van der Waals surface area contributed by atoms with Crippen LogP contribution in [-0.4, -0.2) is 29.2 Å². The summed E-state index contributed by atoms with van der Waals surface area (Å²) in [4.78, 5) is 11.8. The largest absolute Gasteiger partial charge is 0.497 e. The van der Waals surface area contributed by atoms with E-state index < -0.39 is 0 Å². The molecule has 0 fully saturated rings. The Bertz CT molecular complexity index is 694. The van der Waals surface area contributed by atoms with Crippen molar-refractivity contribution in [1.82, 2.24) is 15.0 Å². The van der Waals surface area contributed by atoms with E-state index in [0.29, 0.717) is 0 Å². The van der Waals surface area contributed by atoms with Crippen LogP contribution >= 0.6 is 12.4 Å². The molecule has 0 bridgehead atoms. The monoisotopic (exact) mass is 291 g/mol. The van der Waals surface area contributed by atoms with Crippen molar-refractivity contribution in [2.24, 2.45) is 0 Å². The first-order valence-electron chi connectivity index (χ1n) is 5.84. The summed E-state index contributed by atoms with van der Waals surface area (Å²) >= 11 is 0. The van der Waals surface area contributed by atoms with Gasteiger partial charge in [0.2, 0.25) is 0 Å². The zero-order valence-electron chi connectivity index (χ0n) is 11.1. The lowest BCUT2D eigenvalue weighted by Crippen LogP contribution is -1.91. The minimum Gasteiger partial charge on any atom is -0.497 e. The number of halogens is 1. The van der Waals surface area contributed by atoms with Crippen LogP contribution in [0.1, 0.15) is 0 Å². The number of nitrogens with one attached hydrogen (secondary N) is 1. The van der Waals surface area contributed by atoms with Crippen LogP contribution in [0.5, 0.6) is 11.5 Å². The molecule has 3 aromatic rings.